The lowest BCUT2D eigenvalue weighted by Gasteiger charge is -2.34. The number of hydrogen-bond donors (Lipinski definition) is 1. The Morgan fingerprint density at radius 2 is 1.85 bits per heavy atom. The van der Waals surface area contributed by atoms with Gasteiger partial charge in [-0.15, -0.1) is 0 Å². The summed E-state index contributed by atoms with van der Waals surface area (Å²) in [6.07, 6.45) is -2.78. The van der Waals surface area contributed by atoms with Crippen LogP contribution in [-0.2, 0) is 9.59 Å². The lowest BCUT2D eigenvalue weighted by molar-refractivity contribution is -0.189. The molecular formula is C19H23F3N2O3. The number of anilines is 1. The van der Waals surface area contributed by atoms with Gasteiger partial charge in [0, 0.05) is 24.7 Å². The average Bonchev–Trinajstić information content (AvgIpc) is 3.03. The van der Waals surface area contributed by atoms with Crippen molar-refractivity contribution < 1.29 is 27.5 Å². The molecule has 1 N–H and O–H groups in total. The standard InChI is InChI=1S/C19H23F3N2O3/c1-27-14-8-6-13(7-9-14)24-11-12(10-17(24)25)18(26)23-16-5-3-2-4-15(16)19(20,21)22/h6-9,12,15-16H,2-5,10-11H2,1H3,(H,23,26)/t12-,15-,16-/m1/s1. The lowest BCUT2D eigenvalue weighted by Crippen LogP contribution is -2.49. The third kappa shape index (κ3) is 4.36. The smallest absolute Gasteiger partial charge is 0.393 e. The first-order valence-electron chi connectivity index (χ1n) is 9.11. The van der Waals surface area contributed by atoms with Crippen molar-refractivity contribution in [1.29, 1.82) is 0 Å². The van der Waals surface area contributed by atoms with E-state index in [0.29, 0.717) is 30.7 Å². The van der Waals surface area contributed by atoms with Crippen molar-refractivity contribution >= 4 is 17.5 Å². The number of methoxy groups -OCH3 is 1. The fourth-order valence-electron chi connectivity index (χ4n) is 3.89. The molecule has 1 saturated heterocycles. The van der Waals surface area contributed by atoms with E-state index >= 15 is 0 Å². The summed E-state index contributed by atoms with van der Waals surface area (Å²) in [6, 6.07) is 5.96. The van der Waals surface area contributed by atoms with Gasteiger partial charge in [0.1, 0.15) is 5.75 Å². The average molecular weight is 384 g/mol. The summed E-state index contributed by atoms with van der Waals surface area (Å²) < 4.78 is 44.7. The predicted molar refractivity (Wildman–Crippen MR) is 93.4 cm³/mol. The summed E-state index contributed by atoms with van der Waals surface area (Å²) in [5.74, 6) is -2.19. The van der Waals surface area contributed by atoms with Gasteiger partial charge in [-0.05, 0) is 37.1 Å². The van der Waals surface area contributed by atoms with E-state index in [-0.39, 0.29) is 25.3 Å². The Kier molecular flexibility index (Phi) is 5.62. The van der Waals surface area contributed by atoms with E-state index < -0.39 is 30.0 Å². The van der Waals surface area contributed by atoms with E-state index in [9.17, 15) is 22.8 Å². The zero-order valence-corrected chi connectivity index (χ0v) is 15.1. The molecule has 1 aliphatic carbocycles. The largest absolute Gasteiger partial charge is 0.497 e. The molecule has 0 spiro atoms. The molecule has 1 saturated carbocycles. The number of nitrogens with zero attached hydrogens (tertiary/aromatic N) is 1. The van der Waals surface area contributed by atoms with E-state index in [2.05, 4.69) is 5.32 Å². The zero-order valence-electron chi connectivity index (χ0n) is 15.1. The van der Waals surface area contributed by atoms with Gasteiger partial charge in [-0.2, -0.15) is 13.2 Å². The number of halogens is 3. The number of hydrogen-bond acceptors (Lipinski definition) is 3. The fraction of sp³-hybridized carbons (Fsp3) is 0.579. The highest BCUT2D eigenvalue weighted by atomic mass is 19.4. The third-order valence-electron chi connectivity index (χ3n) is 5.39. The number of ether oxygens (including phenoxy) is 1. The minimum atomic E-state index is -4.32. The van der Waals surface area contributed by atoms with Crippen LogP contribution in [0.15, 0.2) is 24.3 Å². The van der Waals surface area contributed by atoms with Crippen molar-refractivity contribution in [3.8, 4) is 5.75 Å². The molecule has 2 fully saturated rings. The molecule has 2 aliphatic rings. The van der Waals surface area contributed by atoms with E-state index in [0.717, 1.165) is 0 Å². The molecule has 27 heavy (non-hydrogen) atoms. The van der Waals surface area contributed by atoms with Gasteiger partial charge < -0.3 is 15.0 Å². The number of rotatable bonds is 4. The quantitative estimate of drug-likeness (QED) is 0.867. The first kappa shape index (κ1) is 19.5. The molecule has 1 aromatic rings. The Hall–Kier alpha value is -2.25. The summed E-state index contributed by atoms with van der Waals surface area (Å²) in [5.41, 5.74) is 0.641. The first-order valence-corrected chi connectivity index (χ1v) is 9.11. The Labute approximate surface area is 155 Å². The van der Waals surface area contributed by atoms with Crippen molar-refractivity contribution in [1.82, 2.24) is 5.32 Å². The normalized spacial score (nSPS) is 26.1. The van der Waals surface area contributed by atoms with Gasteiger partial charge in [0.15, 0.2) is 0 Å². The number of alkyl halides is 3. The summed E-state index contributed by atoms with van der Waals surface area (Å²) >= 11 is 0. The van der Waals surface area contributed by atoms with Crippen LogP contribution in [0.4, 0.5) is 18.9 Å². The molecular weight excluding hydrogens is 361 g/mol. The minimum Gasteiger partial charge on any atom is -0.497 e. The maximum atomic E-state index is 13.2. The van der Waals surface area contributed by atoms with Crippen molar-refractivity contribution in [2.75, 3.05) is 18.6 Å². The molecule has 1 heterocycles. The van der Waals surface area contributed by atoms with Crippen molar-refractivity contribution in [2.24, 2.45) is 11.8 Å². The zero-order chi connectivity index (χ0) is 19.6. The molecule has 5 nitrogen and oxygen atoms in total. The van der Waals surface area contributed by atoms with Gasteiger partial charge in [0.2, 0.25) is 11.8 Å². The second kappa shape index (κ2) is 7.78. The van der Waals surface area contributed by atoms with Gasteiger partial charge in [-0.3, -0.25) is 9.59 Å². The second-order valence-corrected chi connectivity index (χ2v) is 7.15. The Bertz CT molecular complexity index is 690. The van der Waals surface area contributed by atoms with E-state index in [1.165, 1.54) is 12.0 Å². The summed E-state index contributed by atoms with van der Waals surface area (Å²) in [6.45, 7) is 0.167. The SMILES string of the molecule is COc1ccc(N2C[C@H](C(=O)N[C@@H]3CCCC[C@H]3C(F)(F)F)CC2=O)cc1. The summed E-state index contributed by atoms with van der Waals surface area (Å²) in [5, 5.41) is 2.57. The van der Waals surface area contributed by atoms with E-state index in [1.54, 1.807) is 24.3 Å². The molecule has 0 unspecified atom stereocenters. The van der Waals surface area contributed by atoms with Crippen molar-refractivity contribution in [2.45, 2.75) is 44.3 Å². The maximum absolute atomic E-state index is 13.2. The van der Waals surface area contributed by atoms with Gasteiger partial charge in [-0.1, -0.05) is 12.8 Å². The molecule has 3 rings (SSSR count). The van der Waals surface area contributed by atoms with Crippen LogP contribution >= 0.6 is 0 Å². The number of amides is 2. The molecule has 148 valence electrons. The molecule has 2 amide bonds. The van der Waals surface area contributed by atoms with Gasteiger partial charge in [-0.25, -0.2) is 0 Å². The molecule has 0 aromatic heterocycles. The van der Waals surface area contributed by atoms with E-state index in [4.69, 9.17) is 4.74 Å². The Morgan fingerprint density at radius 3 is 2.48 bits per heavy atom. The predicted octanol–water partition coefficient (Wildman–Crippen LogP) is 3.29. The van der Waals surface area contributed by atoms with Crippen LogP contribution in [0.1, 0.15) is 32.1 Å². The minimum absolute atomic E-state index is 0.00126. The topological polar surface area (TPSA) is 58.6 Å². The molecule has 0 bridgehead atoms. The van der Waals surface area contributed by atoms with Crippen molar-refractivity contribution in [3.05, 3.63) is 24.3 Å². The highest BCUT2D eigenvalue weighted by Crippen LogP contribution is 2.38. The van der Waals surface area contributed by atoms with Crippen LogP contribution in [0, 0.1) is 11.8 Å². The van der Waals surface area contributed by atoms with Crippen LogP contribution in [0.5, 0.6) is 5.75 Å². The summed E-state index contributed by atoms with van der Waals surface area (Å²) in [7, 11) is 1.54. The van der Waals surface area contributed by atoms with Crippen LogP contribution in [-0.4, -0.2) is 37.7 Å². The highest BCUT2D eigenvalue weighted by Gasteiger charge is 2.47. The molecule has 3 atom stereocenters. The molecule has 0 radical (unpaired) electrons. The van der Waals surface area contributed by atoms with Crippen molar-refractivity contribution in [3.63, 3.8) is 0 Å². The monoisotopic (exact) mass is 384 g/mol. The van der Waals surface area contributed by atoms with Gasteiger partial charge in [0.25, 0.3) is 0 Å². The molecule has 8 heteroatoms. The number of nitrogens with one attached hydrogen (secondary N) is 1. The Balaban J connectivity index is 1.64. The van der Waals surface area contributed by atoms with Gasteiger partial charge in [0.05, 0.1) is 18.9 Å². The number of benzene rings is 1. The van der Waals surface area contributed by atoms with Crippen LogP contribution in [0.2, 0.25) is 0 Å². The van der Waals surface area contributed by atoms with Gasteiger partial charge >= 0.3 is 6.18 Å². The summed E-state index contributed by atoms with van der Waals surface area (Å²) in [4.78, 5) is 26.3. The van der Waals surface area contributed by atoms with Crippen LogP contribution in [0.3, 0.4) is 0 Å². The fourth-order valence-corrected chi connectivity index (χ4v) is 3.89. The van der Waals surface area contributed by atoms with Crippen LogP contribution < -0.4 is 15.0 Å². The van der Waals surface area contributed by atoms with E-state index in [1.807, 2.05) is 0 Å². The third-order valence-corrected chi connectivity index (χ3v) is 5.39. The Morgan fingerprint density at radius 1 is 1.19 bits per heavy atom. The number of carbonyl (C=O) groups excluding carboxylic acids is 2. The maximum Gasteiger partial charge on any atom is 0.393 e. The molecule has 1 aliphatic heterocycles. The highest BCUT2D eigenvalue weighted by molar-refractivity contribution is 6.00. The lowest BCUT2D eigenvalue weighted by atomic mass is 9.83. The molecule has 1 aromatic carbocycles. The second-order valence-electron chi connectivity index (χ2n) is 7.15. The first-order chi connectivity index (χ1) is 12.8. The number of carbonyl (C=O) groups is 2. The van der Waals surface area contributed by atoms with Crippen LogP contribution in [0.25, 0.3) is 0 Å².